The number of aromatic amines is 1. The van der Waals surface area contributed by atoms with Crippen LogP contribution >= 0.6 is 11.3 Å². The Balaban J connectivity index is 1.81. The highest BCUT2D eigenvalue weighted by atomic mass is 32.1. The molecule has 2 N–H and O–H groups in total. The van der Waals surface area contributed by atoms with Crippen LogP contribution in [0.1, 0.15) is 54.5 Å². The van der Waals surface area contributed by atoms with E-state index in [-0.39, 0.29) is 24.8 Å². The maximum absolute atomic E-state index is 12.9. The Morgan fingerprint density at radius 1 is 1.26 bits per heavy atom. The van der Waals surface area contributed by atoms with Crippen molar-refractivity contribution < 1.29 is 23.8 Å². The molecule has 0 unspecified atom stereocenters. The fourth-order valence-corrected chi connectivity index (χ4v) is 4.62. The molecule has 34 heavy (non-hydrogen) atoms. The zero-order valence-corrected chi connectivity index (χ0v) is 21.1. The zero-order valence-electron chi connectivity index (χ0n) is 20.3. The van der Waals surface area contributed by atoms with E-state index in [1.807, 2.05) is 24.8 Å². The van der Waals surface area contributed by atoms with Crippen molar-refractivity contribution in [2.45, 2.75) is 59.9 Å². The van der Waals surface area contributed by atoms with E-state index in [4.69, 9.17) is 13.9 Å². The second-order valence-electron chi connectivity index (χ2n) is 9.04. The first-order valence-corrected chi connectivity index (χ1v) is 12.2. The molecule has 0 fully saturated rings. The van der Waals surface area contributed by atoms with Gasteiger partial charge in [0.25, 0.3) is 5.56 Å². The number of aliphatic hydroxyl groups excluding tert-OH is 1. The van der Waals surface area contributed by atoms with Crippen LogP contribution in [0.3, 0.4) is 0 Å². The predicted octanol–water partition coefficient (Wildman–Crippen LogP) is 3.49. The van der Waals surface area contributed by atoms with Gasteiger partial charge in [0.05, 0.1) is 43.6 Å². The highest BCUT2D eigenvalue weighted by Crippen LogP contribution is 2.28. The SMILES string of the molecule is Cc1c(C(=O)OC(C)C)sc2nc(CN(Cc3ccco3)C[C@H](O)COCC(C)C)[nH]c(=O)c12. The third kappa shape index (κ3) is 6.99. The first-order valence-electron chi connectivity index (χ1n) is 11.4. The van der Waals surface area contributed by atoms with E-state index >= 15 is 0 Å². The Morgan fingerprint density at radius 3 is 2.68 bits per heavy atom. The number of fused-ring (bicyclic) bond motifs is 1. The molecule has 9 nitrogen and oxygen atoms in total. The Labute approximate surface area is 202 Å². The molecular formula is C24H33N3O6S. The topological polar surface area (TPSA) is 118 Å². The van der Waals surface area contributed by atoms with E-state index < -0.39 is 12.1 Å². The van der Waals surface area contributed by atoms with Gasteiger partial charge < -0.3 is 24.0 Å². The van der Waals surface area contributed by atoms with Gasteiger partial charge in [-0.2, -0.15) is 0 Å². The molecule has 0 saturated carbocycles. The van der Waals surface area contributed by atoms with Crippen LogP contribution in [-0.4, -0.2) is 57.9 Å². The van der Waals surface area contributed by atoms with Crippen LogP contribution in [0.25, 0.3) is 10.2 Å². The van der Waals surface area contributed by atoms with Crippen molar-refractivity contribution in [3.05, 3.63) is 50.8 Å². The molecule has 0 spiro atoms. The molecule has 0 aliphatic rings. The van der Waals surface area contributed by atoms with Gasteiger partial charge in [0.1, 0.15) is 21.3 Å². The summed E-state index contributed by atoms with van der Waals surface area (Å²) in [6, 6.07) is 3.65. The molecule has 1 atom stereocenters. The van der Waals surface area contributed by atoms with Gasteiger partial charge in [0.15, 0.2) is 0 Å². The molecule has 186 valence electrons. The fraction of sp³-hybridized carbons (Fsp3) is 0.542. The van der Waals surface area contributed by atoms with Crippen LogP contribution in [-0.2, 0) is 22.6 Å². The number of carbonyl (C=O) groups excluding carboxylic acids is 1. The second kappa shape index (κ2) is 11.7. The van der Waals surface area contributed by atoms with Gasteiger partial charge in [0.2, 0.25) is 0 Å². The minimum absolute atomic E-state index is 0.210. The minimum Gasteiger partial charge on any atom is -0.468 e. The van der Waals surface area contributed by atoms with Crippen LogP contribution in [0.4, 0.5) is 0 Å². The van der Waals surface area contributed by atoms with Crippen LogP contribution < -0.4 is 5.56 Å². The number of ether oxygens (including phenoxy) is 2. The first kappa shape index (κ1) is 26.1. The summed E-state index contributed by atoms with van der Waals surface area (Å²) in [4.78, 5) is 35.5. The molecule has 0 bridgehead atoms. The predicted molar refractivity (Wildman–Crippen MR) is 130 cm³/mol. The number of H-pyrrole nitrogens is 1. The fourth-order valence-electron chi connectivity index (χ4n) is 3.54. The summed E-state index contributed by atoms with van der Waals surface area (Å²) < 4.78 is 16.3. The van der Waals surface area contributed by atoms with Crippen molar-refractivity contribution in [2.24, 2.45) is 5.92 Å². The van der Waals surface area contributed by atoms with Crippen molar-refractivity contribution in [1.82, 2.24) is 14.9 Å². The largest absolute Gasteiger partial charge is 0.468 e. The summed E-state index contributed by atoms with van der Waals surface area (Å²) in [5, 5.41) is 10.9. The molecule has 0 radical (unpaired) electrons. The summed E-state index contributed by atoms with van der Waals surface area (Å²) >= 11 is 1.15. The third-order valence-corrected chi connectivity index (χ3v) is 6.11. The Hall–Kier alpha value is -2.53. The monoisotopic (exact) mass is 491 g/mol. The van der Waals surface area contributed by atoms with Crippen LogP contribution in [0.2, 0.25) is 0 Å². The van der Waals surface area contributed by atoms with Gasteiger partial charge >= 0.3 is 5.97 Å². The summed E-state index contributed by atoms with van der Waals surface area (Å²) in [6.45, 7) is 11.2. The molecule has 3 rings (SSSR count). The summed E-state index contributed by atoms with van der Waals surface area (Å²) in [6.07, 6.45) is 0.615. The van der Waals surface area contributed by atoms with Crippen molar-refractivity contribution in [3.63, 3.8) is 0 Å². The summed E-state index contributed by atoms with van der Waals surface area (Å²) in [5.41, 5.74) is 0.257. The number of aromatic nitrogens is 2. The standard InChI is InChI=1S/C24H33N3O6S/c1-14(2)12-31-13-17(28)9-27(10-18-7-6-8-32-18)11-19-25-22(29)20-16(5)21(34-23(20)26-19)24(30)33-15(3)4/h6-8,14-15,17,28H,9-13H2,1-5H3,(H,25,26,29)/t17-/m0/s1. The molecule has 3 heterocycles. The van der Waals surface area contributed by atoms with Crippen molar-refractivity contribution in [1.29, 1.82) is 0 Å². The van der Waals surface area contributed by atoms with E-state index in [2.05, 4.69) is 9.97 Å². The molecule has 10 heteroatoms. The van der Waals surface area contributed by atoms with Crippen molar-refractivity contribution in [3.8, 4) is 0 Å². The molecule has 0 aliphatic carbocycles. The number of furan rings is 1. The van der Waals surface area contributed by atoms with Gasteiger partial charge in [-0.1, -0.05) is 13.8 Å². The molecular weight excluding hydrogens is 458 g/mol. The first-order chi connectivity index (χ1) is 16.1. The lowest BCUT2D eigenvalue weighted by Crippen LogP contribution is -2.35. The quantitative estimate of drug-likeness (QED) is 0.370. The average molecular weight is 492 g/mol. The number of thiophene rings is 1. The number of aryl methyl sites for hydroxylation is 1. The highest BCUT2D eigenvalue weighted by molar-refractivity contribution is 7.20. The molecule has 0 aliphatic heterocycles. The number of hydrogen-bond donors (Lipinski definition) is 2. The molecule has 0 aromatic carbocycles. The van der Waals surface area contributed by atoms with Gasteiger partial charge in [-0.25, -0.2) is 9.78 Å². The van der Waals surface area contributed by atoms with E-state index in [9.17, 15) is 14.7 Å². The van der Waals surface area contributed by atoms with Crippen LogP contribution in [0.15, 0.2) is 27.6 Å². The smallest absolute Gasteiger partial charge is 0.348 e. The Kier molecular flexibility index (Phi) is 9.01. The number of esters is 1. The number of hydrogen-bond acceptors (Lipinski definition) is 9. The van der Waals surface area contributed by atoms with Gasteiger partial charge in [-0.05, 0) is 44.4 Å². The van der Waals surface area contributed by atoms with Gasteiger partial charge in [-0.15, -0.1) is 11.3 Å². The number of rotatable bonds is 12. The lowest BCUT2D eigenvalue weighted by atomic mass is 10.2. The number of aliphatic hydroxyl groups is 1. The minimum atomic E-state index is -0.717. The van der Waals surface area contributed by atoms with E-state index in [1.165, 1.54) is 0 Å². The van der Waals surface area contributed by atoms with E-state index in [1.54, 1.807) is 33.1 Å². The van der Waals surface area contributed by atoms with Crippen molar-refractivity contribution >= 4 is 27.5 Å². The average Bonchev–Trinajstić information content (AvgIpc) is 3.35. The third-order valence-electron chi connectivity index (χ3n) is 4.94. The van der Waals surface area contributed by atoms with Crippen molar-refractivity contribution in [2.75, 3.05) is 19.8 Å². The Bertz CT molecular complexity index is 1140. The number of carbonyl (C=O) groups is 1. The lowest BCUT2D eigenvalue weighted by Gasteiger charge is -2.24. The number of nitrogens with one attached hydrogen (secondary N) is 1. The molecule has 0 amide bonds. The molecule has 3 aromatic rings. The number of nitrogens with zero attached hydrogens (tertiary/aromatic N) is 2. The maximum Gasteiger partial charge on any atom is 0.348 e. The Morgan fingerprint density at radius 2 is 2.03 bits per heavy atom. The molecule has 3 aromatic heterocycles. The van der Waals surface area contributed by atoms with Crippen LogP contribution in [0.5, 0.6) is 0 Å². The van der Waals surface area contributed by atoms with E-state index in [0.29, 0.717) is 52.1 Å². The highest BCUT2D eigenvalue weighted by Gasteiger charge is 2.22. The summed E-state index contributed by atoms with van der Waals surface area (Å²) in [5.74, 6) is 1.08. The normalized spacial score (nSPS) is 12.9. The summed E-state index contributed by atoms with van der Waals surface area (Å²) in [7, 11) is 0. The van der Waals surface area contributed by atoms with E-state index in [0.717, 1.165) is 17.1 Å². The lowest BCUT2D eigenvalue weighted by molar-refractivity contribution is 0.00421. The van der Waals surface area contributed by atoms with Gasteiger partial charge in [-0.3, -0.25) is 9.69 Å². The van der Waals surface area contributed by atoms with Gasteiger partial charge in [0, 0.05) is 13.2 Å². The van der Waals surface area contributed by atoms with Crippen LogP contribution in [0, 0.1) is 12.8 Å². The maximum atomic E-state index is 12.9. The second-order valence-corrected chi connectivity index (χ2v) is 10.0. The molecule has 0 saturated heterocycles. The zero-order chi connectivity index (χ0) is 24.8.